The molecule has 1 aromatic rings. The van der Waals surface area contributed by atoms with E-state index in [1.165, 1.54) is 6.33 Å². The Balaban J connectivity index is 0.000001000. The summed E-state index contributed by atoms with van der Waals surface area (Å²) in [7, 11) is 3.80. The van der Waals surface area contributed by atoms with Gasteiger partial charge in [0.1, 0.15) is 12.2 Å². The summed E-state index contributed by atoms with van der Waals surface area (Å²) in [6.45, 7) is 1.84. The van der Waals surface area contributed by atoms with Gasteiger partial charge in [-0.3, -0.25) is 0 Å². The molecular formula is C6H11ClN4. The second-order valence-electron chi connectivity index (χ2n) is 2.23. The molecule has 0 saturated heterocycles. The molecule has 11 heavy (non-hydrogen) atoms. The van der Waals surface area contributed by atoms with Gasteiger partial charge in [-0.15, -0.1) is 12.4 Å². The van der Waals surface area contributed by atoms with Crippen molar-refractivity contribution in [1.82, 2.24) is 15.0 Å². The SMILES string of the molecule is Cc1ncnc(N(C)C)n1.Cl. The molecule has 0 unspecified atom stereocenters. The predicted octanol–water partition coefficient (Wildman–Crippen LogP) is 0.668. The monoisotopic (exact) mass is 174 g/mol. The van der Waals surface area contributed by atoms with E-state index in [-0.39, 0.29) is 12.4 Å². The Bertz CT molecular complexity index is 226. The van der Waals surface area contributed by atoms with E-state index in [0.717, 1.165) is 5.82 Å². The van der Waals surface area contributed by atoms with Crippen LogP contribution in [-0.4, -0.2) is 29.0 Å². The normalized spacial score (nSPS) is 8.64. The molecule has 0 aliphatic carbocycles. The first kappa shape index (κ1) is 10.1. The minimum Gasteiger partial charge on any atom is -0.347 e. The Kier molecular flexibility index (Phi) is 3.74. The highest BCUT2D eigenvalue weighted by molar-refractivity contribution is 5.85. The van der Waals surface area contributed by atoms with E-state index in [1.807, 2.05) is 25.9 Å². The average Bonchev–Trinajstić information content (AvgIpc) is 1.88. The number of anilines is 1. The van der Waals surface area contributed by atoms with Crippen LogP contribution in [0, 0.1) is 6.92 Å². The zero-order valence-electron chi connectivity index (χ0n) is 6.77. The first-order valence-corrected chi connectivity index (χ1v) is 3.03. The molecule has 62 valence electrons. The van der Waals surface area contributed by atoms with Gasteiger partial charge in [-0.1, -0.05) is 0 Å². The zero-order chi connectivity index (χ0) is 7.56. The molecule has 0 bridgehead atoms. The van der Waals surface area contributed by atoms with Gasteiger partial charge >= 0.3 is 0 Å². The molecule has 5 heteroatoms. The average molecular weight is 175 g/mol. The number of hydrogen-bond donors (Lipinski definition) is 0. The Morgan fingerprint density at radius 1 is 1.27 bits per heavy atom. The Morgan fingerprint density at radius 2 is 1.91 bits per heavy atom. The number of halogens is 1. The van der Waals surface area contributed by atoms with Gasteiger partial charge in [-0.05, 0) is 6.92 Å². The second-order valence-corrected chi connectivity index (χ2v) is 2.23. The first-order valence-electron chi connectivity index (χ1n) is 3.03. The summed E-state index contributed by atoms with van der Waals surface area (Å²) in [4.78, 5) is 13.7. The van der Waals surface area contributed by atoms with E-state index >= 15 is 0 Å². The van der Waals surface area contributed by atoms with E-state index in [0.29, 0.717) is 5.95 Å². The van der Waals surface area contributed by atoms with Gasteiger partial charge in [0.15, 0.2) is 0 Å². The maximum Gasteiger partial charge on any atom is 0.228 e. The molecule has 0 saturated carbocycles. The summed E-state index contributed by atoms with van der Waals surface area (Å²) in [5, 5.41) is 0. The highest BCUT2D eigenvalue weighted by Crippen LogP contribution is 1.98. The number of hydrogen-bond acceptors (Lipinski definition) is 4. The van der Waals surface area contributed by atoms with E-state index < -0.39 is 0 Å². The summed E-state index contributed by atoms with van der Waals surface area (Å²) in [5.74, 6) is 1.45. The van der Waals surface area contributed by atoms with Crippen LogP contribution in [-0.2, 0) is 0 Å². The third-order valence-corrected chi connectivity index (χ3v) is 1.08. The number of aryl methyl sites for hydroxylation is 1. The summed E-state index contributed by atoms with van der Waals surface area (Å²) >= 11 is 0. The highest BCUT2D eigenvalue weighted by Gasteiger charge is 1.96. The van der Waals surface area contributed by atoms with Crippen LogP contribution in [0.4, 0.5) is 5.95 Å². The van der Waals surface area contributed by atoms with E-state index in [4.69, 9.17) is 0 Å². The minimum absolute atomic E-state index is 0. The summed E-state index contributed by atoms with van der Waals surface area (Å²) in [5.41, 5.74) is 0. The topological polar surface area (TPSA) is 41.9 Å². The molecule has 0 aromatic carbocycles. The summed E-state index contributed by atoms with van der Waals surface area (Å²) in [6, 6.07) is 0. The lowest BCUT2D eigenvalue weighted by Gasteiger charge is -2.08. The number of rotatable bonds is 1. The van der Waals surface area contributed by atoms with Crippen molar-refractivity contribution in [1.29, 1.82) is 0 Å². The lowest BCUT2D eigenvalue weighted by atomic mass is 10.7. The van der Waals surface area contributed by atoms with Gasteiger partial charge in [0.25, 0.3) is 0 Å². The second kappa shape index (κ2) is 4.08. The molecule has 0 atom stereocenters. The minimum atomic E-state index is 0. The van der Waals surface area contributed by atoms with Crippen LogP contribution in [0.2, 0.25) is 0 Å². The standard InChI is InChI=1S/C6H10N4.ClH/c1-5-7-4-8-6(9-5)10(2)3;/h4H,1-3H3;1H. The van der Waals surface area contributed by atoms with Crippen LogP contribution in [0.15, 0.2) is 6.33 Å². The molecule has 0 radical (unpaired) electrons. The van der Waals surface area contributed by atoms with Gasteiger partial charge < -0.3 is 4.90 Å². The fourth-order valence-corrected chi connectivity index (χ4v) is 0.582. The molecule has 1 rings (SSSR count). The third-order valence-electron chi connectivity index (χ3n) is 1.08. The fraction of sp³-hybridized carbons (Fsp3) is 0.500. The van der Waals surface area contributed by atoms with Crippen molar-refractivity contribution in [3.63, 3.8) is 0 Å². The lowest BCUT2D eigenvalue weighted by molar-refractivity contribution is 0.916. The Labute approximate surface area is 72.1 Å². The molecule has 0 aliphatic heterocycles. The maximum atomic E-state index is 4.08. The molecule has 1 heterocycles. The number of nitrogens with zero attached hydrogens (tertiary/aromatic N) is 4. The molecule has 0 spiro atoms. The molecule has 4 nitrogen and oxygen atoms in total. The predicted molar refractivity (Wildman–Crippen MR) is 46.1 cm³/mol. The molecule has 0 N–H and O–H groups in total. The lowest BCUT2D eigenvalue weighted by Crippen LogP contribution is -2.13. The van der Waals surface area contributed by atoms with E-state index in [2.05, 4.69) is 15.0 Å². The molecule has 0 amide bonds. The van der Waals surface area contributed by atoms with Gasteiger partial charge in [-0.2, -0.15) is 4.98 Å². The van der Waals surface area contributed by atoms with Crippen molar-refractivity contribution in [2.75, 3.05) is 19.0 Å². The molecule has 1 aromatic heterocycles. The fourth-order valence-electron chi connectivity index (χ4n) is 0.582. The maximum absolute atomic E-state index is 4.08. The van der Waals surface area contributed by atoms with Crippen molar-refractivity contribution in [2.24, 2.45) is 0 Å². The third kappa shape index (κ3) is 2.67. The first-order chi connectivity index (χ1) is 4.70. The molecule has 0 fully saturated rings. The largest absolute Gasteiger partial charge is 0.347 e. The van der Waals surface area contributed by atoms with Crippen LogP contribution >= 0.6 is 12.4 Å². The van der Waals surface area contributed by atoms with Crippen molar-refractivity contribution < 1.29 is 0 Å². The highest BCUT2D eigenvalue weighted by atomic mass is 35.5. The summed E-state index contributed by atoms with van der Waals surface area (Å²) < 4.78 is 0. The molecule has 0 aliphatic rings. The quantitative estimate of drug-likeness (QED) is 0.628. The molecular weight excluding hydrogens is 164 g/mol. The Hall–Kier alpha value is -0.900. The van der Waals surface area contributed by atoms with Crippen molar-refractivity contribution in [3.8, 4) is 0 Å². The smallest absolute Gasteiger partial charge is 0.228 e. The number of aromatic nitrogens is 3. The van der Waals surface area contributed by atoms with Crippen molar-refractivity contribution in [3.05, 3.63) is 12.2 Å². The van der Waals surface area contributed by atoms with Crippen LogP contribution in [0.5, 0.6) is 0 Å². The van der Waals surface area contributed by atoms with Crippen molar-refractivity contribution >= 4 is 18.4 Å². The van der Waals surface area contributed by atoms with Crippen LogP contribution in [0.3, 0.4) is 0 Å². The van der Waals surface area contributed by atoms with E-state index in [9.17, 15) is 0 Å². The summed E-state index contributed by atoms with van der Waals surface area (Å²) in [6.07, 6.45) is 1.51. The van der Waals surface area contributed by atoms with E-state index in [1.54, 1.807) is 0 Å². The van der Waals surface area contributed by atoms with Crippen LogP contribution < -0.4 is 4.90 Å². The van der Waals surface area contributed by atoms with Crippen LogP contribution in [0.1, 0.15) is 5.82 Å². The Morgan fingerprint density at radius 3 is 2.27 bits per heavy atom. The van der Waals surface area contributed by atoms with Gasteiger partial charge in [0, 0.05) is 14.1 Å². The van der Waals surface area contributed by atoms with Crippen LogP contribution in [0.25, 0.3) is 0 Å². The zero-order valence-corrected chi connectivity index (χ0v) is 7.59. The van der Waals surface area contributed by atoms with Crippen molar-refractivity contribution in [2.45, 2.75) is 6.92 Å². The van der Waals surface area contributed by atoms with Gasteiger partial charge in [0.05, 0.1) is 0 Å². The van der Waals surface area contributed by atoms with Gasteiger partial charge in [0.2, 0.25) is 5.95 Å². The van der Waals surface area contributed by atoms with Gasteiger partial charge in [-0.25, -0.2) is 9.97 Å².